The predicted octanol–water partition coefficient (Wildman–Crippen LogP) is 2.27. The Morgan fingerprint density at radius 1 is 1.44 bits per heavy atom. The first-order chi connectivity index (χ1) is 7.53. The molecule has 0 aliphatic carbocycles. The molecule has 1 rings (SSSR count). The molecular weight excluding hydrogens is 210 g/mol. The summed E-state index contributed by atoms with van der Waals surface area (Å²) in [6, 6.07) is -0.0147. The predicted molar refractivity (Wildman–Crippen MR) is 62.9 cm³/mol. The molecule has 1 aliphatic heterocycles. The van der Waals surface area contributed by atoms with Gasteiger partial charge in [-0.05, 0) is 33.4 Å². The smallest absolute Gasteiger partial charge is 0.261 e. The van der Waals surface area contributed by atoms with Crippen LogP contribution < -0.4 is 5.32 Å². The Kier molecular flexibility index (Phi) is 5.35. The summed E-state index contributed by atoms with van der Waals surface area (Å²) in [5, 5.41) is 2.88. The SMILES string of the molecule is C/C=C/CCN(C)CCC1CC(F)(F)CN1. The van der Waals surface area contributed by atoms with Crippen molar-refractivity contribution in [2.45, 2.75) is 38.2 Å². The van der Waals surface area contributed by atoms with Crippen molar-refractivity contribution in [1.82, 2.24) is 10.2 Å². The molecule has 94 valence electrons. The van der Waals surface area contributed by atoms with Crippen molar-refractivity contribution in [1.29, 1.82) is 0 Å². The van der Waals surface area contributed by atoms with Crippen molar-refractivity contribution in [3.8, 4) is 0 Å². The van der Waals surface area contributed by atoms with E-state index in [-0.39, 0.29) is 19.0 Å². The van der Waals surface area contributed by atoms with Gasteiger partial charge in [0.15, 0.2) is 0 Å². The molecule has 1 heterocycles. The van der Waals surface area contributed by atoms with Gasteiger partial charge < -0.3 is 10.2 Å². The van der Waals surface area contributed by atoms with E-state index in [9.17, 15) is 8.78 Å². The second kappa shape index (κ2) is 6.30. The molecule has 1 atom stereocenters. The van der Waals surface area contributed by atoms with Crippen molar-refractivity contribution < 1.29 is 8.78 Å². The third-order valence-electron chi connectivity index (χ3n) is 2.97. The Hall–Kier alpha value is -0.480. The van der Waals surface area contributed by atoms with Gasteiger partial charge in [0.2, 0.25) is 0 Å². The lowest BCUT2D eigenvalue weighted by Gasteiger charge is -2.18. The molecule has 0 bridgehead atoms. The molecule has 4 heteroatoms. The van der Waals surface area contributed by atoms with Gasteiger partial charge in [0.25, 0.3) is 5.92 Å². The summed E-state index contributed by atoms with van der Waals surface area (Å²) in [6.07, 6.45) is 5.99. The molecule has 1 aliphatic rings. The van der Waals surface area contributed by atoms with Crippen molar-refractivity contribution in [3.63, 3.8) is 0 Å². The van der Waals surface area contributed by atoms with Crippen molar-refractivity contribution >= 4 is 0 Å². The zero-order valence-electron chi connectivity index (χ0n) is 10.2. The zero-order valence-corrected chi connectivity index (χ0v) is 10.2. The second-order valence-corrected chi connectivity index (χ2v) is 4.59. The maximum Gasteiger partial charge on any atom is 0.261 e. The molecule has 1 fully saturated rings. The van der Waals surface area contributed by atoms with Crippen LogP contribution in [0.25, 0.3) is 0 Å². The Bertz CT molecular complexity index is 229. The molecule has 0 aromatic heterocycles. The van der Waals surface area contributed by atoms with Gasteiger partial charge in [0.1, 0.15) is 0 Å². The van der Waals surface area contributed by atoms with E-state index in [0.29, 0.717) is 0 Å². The summed E-state index contributed by atoms with van der Waals surface area (Å²) >= 11 is 0. The van der Waals surface area contributed by atoms with E-state index in [1.54, 1.807) is 0 Å². The van der Waals surface area contributed by atoms with E-state index in [2.05, 4.69) is 16.3 Å². The van der Waals surface area contributed by atoms with Gasteiger partial charge >= 0.3 is 0 Å². The minimum Gasteiger partial charge on any atom is -0.308 e. The summed E-state index contributed by atoms with van der Waals surface area (Å²) < 4.78 is 25.8. The van der Waals surface area contributed by atoms with Crippen molar-refractivity contribution in [2.75, 3.05) is 26.7 Å². The summed E-state index contributed by atoms with van der Waals surface area (Å²) in [5.74, 6) is -2.49. The maximum atomic E-state index is 12.9. The van der Waals surface area contributed by atoms with Gasteiger partial charge in [-0.1, -0.05) is 12.2 Å². The molecule has 1 N–H and O–H groups in total. The van der Waals surface area contributed by atoms with Crippen LogP contribution in [0.2, 0.25) is 0 Å². The average Bonchev–Trinajstić information content (AvgIpc) is 2.56. The monoisotopic (exact) mass is 232 g/mol. The lowest BCUT2D eigenvalue weighted by atomic mass is 10.1. The van der Waals surface area contributed by atoms with Crippen LogP contribution in [0.15, 0.2) is 12.2 Å². The summed E-state index contributed by atoms with van der Waals surface area (Å²) in [5.41, 5.74) is 0. The van der Waals surface area contributed by atoms with Gasteiger partial charge in [-0.3, -0.25) is 0 Å². The lowest BCUT2D eigenvalue weighted by molar-refractivity contribution is 0.0206. The van der Waals surface area contributed by atoms with Crippen LogP contribution in [0.1, 0.15) is 26.2 Å². The first kappa shape index (κ1) is 13.6. The second-order valence-electron chi connectivity index (χ2n) is 4.59. The Morgan fingerprint density at radius 2 is 2.19 bits per heavy atom. The summed E-state index contributed by atoms with van der Waals surface area (Å²) in [4.78, 5) is 2.19. The number of nitrogens with one attached hydrogen (secondary N) is 1. The minimum atomic E-state index is -2.49. The average molecular weight is 232 g/mol. The third kappa shape index (κ3) is 5.03. The molecule has 16 heavy (non-hydrogen) atoms. The van der Waals surface area contributed by atoms with Crippen LogP contribution >= 0.6 is 0 Å². The summed E-state index contributed by atoms with van der Waals surface area (Å²) in [6.45, 7) is 3.73. The Morgan fingerprint density at radius 3 is 2.75 bits per heavy atom. The molecule has 0 aromatic rings. The number of halogens is 2. The van der Waals surface area contributed by atoms with E-state index in [0.717, 1.165) is 25.9 Å². The van der Waals surface area contributed by atoms with E-state index in [1.165, 1.54) is 0 Å². The molecule has 0 aromatic carbocycles. The van der Waals surface area contributed by atoms with E-state index in [4.69, 9.17) is 0 Å². The molecule has 1 unspecified atom stereocenters. The normalized spacial score (nSPS) is 24.7. The van der Waals surface area contributed by atoms with Crippen LogP contribution in [-0.2, 0) is 0 Å². The topological polar surface area (TPSA) is 15.3 Å². The lowest BCUT2D eigenvalue weighted by Crippen LogP contribution is -2.28. The maximum absolute atomic E-state index is 12.9. The fourth-order valence-electron chi connectivity index (χ4n) is 1.95. The largest absolute Gasteiger partial charge is 0.308 e. The van der Waals surface area contributed by atoms with Gasteiger partial charge in [-0.2, -0.15) is 0 Å². The number of alkyl halides is 2. The molecule has 0 saturated carbocycles. The number of hydrogen-bond acceptors (Lipinski definition) is 2. The molecular formula is C12H22F2N2. The molecule has 0 radical (unpaired) electrons. The van der Waals surface area contributed by atoms with Gasteiger partial charge in [0.05, 0.1) is 6.54 Å². The van der Waals surface area contributed by atoms with Gasteiger partial charge in [-0.25, -0.2) is 8.78 Å². The molecule has 2 nitrogen and oxygen atoms in total. The van der Waals surface area contributed by atoms with E-state index in [1.807, 2.05) is 20.0 Å². The fraction of sp³-hybridized carbons (Fsp3) is 0.833. The highest BCUT2D eigenvalue weighted by Gasteiger charge is 2.38. The quantitative estimate of drug-likeness (QED) is 0.707. The minimum absolute atomic E-state index is 0.00426. The number of rotatable bonds is 6. The van der Waals surface area contributed by atoms with Crippen LogP contribution in [-0.4, -0.2) is 43.5 Å². The number of hydrogen-bond donors (Lipinski definition) is 1. The number of allylic oxidation sites excluding steroid dienone is 1. The highest BCUT2D eigenvalue weighted by atomic mass is 19.3. The van der Waals surface area contributed by atoms with Crippen LogP contribution in [0.4, 0.5) is 8.78 Å². The standard InChI is InChI=1S/C12H22F2N2/c1-3-4-5-7-16(2)8-6-11-9-12(13,14)10-15-11/h3-4,11,15H,5-10H2,1-2H3/b4-3+. The van der Waals surface area contributed by atoms with E-state index >= 15 is 0 Å². The first-order valence-electron chi connectivity index (χ1n) is 5.94. The molecule has 0 amide bonds. The highest BCUT2D eigenvalue weighted by molar-refractivity contribution is 4.87. The Labute approximate surface area is 96.7 Å². The van der Waals surface area contributed by atoms with Gasteiger partial charge in [0, 0.05) is 19.0 Å². The van der Waals surface area contributed by atoms with Crippen LogP contribution in [0.3, 0.4) is 0 Å². The third-order valence-corrected chi connectivity index (χ3v) is 2.97. The van der Waals surface area contributed by atoms with Gasteiger partial charge in [-0.15, -0.1) is 0 Å². The van der Waals surface area contributed by atoms with Crippen LogP contribution in [0, 0.1) is 0 Å². The Balaban J connectivity index is 2.10. The fourth-order valence-corrected chi connectivity index (χ4v) is 1.95. The van der Waals surface area contributed by atoms with Crippen molar-refractivity contribution in [2.24, 2.45) is 0 Å². The molecule has 0 spiro atoms. The number of nitrogens with zero attached hydrogens (tertiary/aromatic N) is 1. The first-order valence-corrected chi connectivity index (χ1v) is 5.94. The van der Waals surface area contributed by atoms with Crippen LogP contribution in [0.5, 0.6) is 0 Å². The summed E-state index contributed by atoms with van der Waals surface area (Å²) in [7, 11) is 2.04. The van der Waals surface area contributed by atoms with E-state index < -0.39 is 5.92 Å². The molecule has 1 saturated heterocycles. The zero-order chi connectivity index (χ0) is 12.0. The highest BCUT2D eigenvalue weighted by Crippen LogP contribution is 2.26. The van der Waals surface area contributed by atoms with Crippen molar-refractivity contribution in [3.05, 3.63) is 12.2 Å².